The second-order valence-corrected chi connectivity index (χ2v) is 8.69. The number of hydrogen-bond acceptors (Lipinski definition) is 4. The van der Waals surface area contributed by atoms with Crippen molar-refractivity contribution in [3.8, 4) is 0 Å². The van der Waals surface area contributed by atoms with Crippen LogP contribution in [0.4, 0.5) is 11.4 Å². The first kappa shape index (κ1) is 18.9. The van der Waals surface area contributed by atoms with Crippen LogP contribution in [-0.4, -0.2) is 23.9 Å². The summed E-state index contributed by atoms with van der Waals surface area (Å²) in [5.41, 5.74) is 4.07. The van der Waals surface area contributed by atoms with Crippen LogP contribution >= 0.6 is 0 Å². The predicted molar refractivity (Wildman–Crippen MR) is 112 cm³/mol. The summed E-state index contributed by atoms with van der Waals surface area (Å²) in [6, 6.07) is 12.6. The second kappa shape index (κ2) is 6.97. The van der Waals surface area contributed by atoms with Gasteiger partial charge in [0.1, 0.15) is 6.10 Å². The van der Waals surface area contributed by atoms with E-state index in [0.717, 1.165) is 29.7 Å². The summed E-state index contributed by atoms with van der Waals surface area (Å²) in [5, 5.41) is 5.86. The van der Waals surface area contributed by atoms with E-state index in [1.54, 1.807) is 24.3 Å². The van der Waals surface area contributed by atoms with E-state index in [1.165, 1.54) is 0 Å². The summed E-state index contributed by atoms with van der Waals surface area (Å²) < 4.78 is 5.41. The fourth-order valence-electron chi connectivity index (χ4n) is 5.37. The van der Waals surface area contributed by atoms with E-state index in [0.29, 0.717) is 11.3 Å². The van der Waals surface area contributed by atoms with Crippen LogP contribution in [0.15, 0.2) is 42.5 Å². The first-order valence-corrected chi connectivity index (χ1v) is 10.4. The largest absolute Gasteiger partial charge is 0.462 e. The molecule has 2 bridgehead atoms. The fourth-order valence-corrected chi connectivity index (χ4v) is 5.37. The second-order valence-electron chi connectivity index (χ2n) is 8.69. The molecule has 0 radical (unpaired) electrons. The molecule has 1 aliphatic heterocycles. The van der Waals surface area contributed by atoms with Gasteiger partial charge in [-0.05, 0) is 74.1 Å². The molecule has 0 aromatic heterocycles. The lowest BCUT2D eigenvalue weighted by Crippen LogP contribution is -2.35. The lowest BCUT2D eigenvalue weighted by Gasteiger charge is -2.23. The van der Waals surface area contributed by atoms with Crippen molar-refractivity contribution in [3.05, 3.63) is 59.2 Å². The molecule has 3 aliphatic rings. The fraction of sp³-hybridized carbons (Fsp3) is 0.375. The third-order valence-electron chi connectivity index (χ3n) is 7.05. The summed E-state index contributed by atoms with van der Waals surface area (Å²) in [7, 11) is 0. The number of rotatable bonds is 4. The van der Waals surface area contributed by atoms with Crippen LogP contribution in [0.3, 0.4) is 0 Å². The molecule has 5 rings (SSSR count). The van der Waals surface area contributed by atoms with Crippen LogP contribution in [0, 0.1) is 37.5 Å². The zero-order chi connectivity index (χ0) is 21.0. The molecule has 2 aliphatic carbocycles. The van der Waals surface area contributed by atoms with E-state index >= 15 is 0 Å². The van der Waals surface area contributed by atoms with E-state index in [4.69, 9.17) is 4.74 Å². The van der Waals surface area contributed by atoms with Gasteiger partial charge in [-0.25, -0.2) is 0 Å². The quantitative estimate of drug-likeness (QED) is 0.761. The number of amides is 2. The minimum atomic E-state index is -0.312. The van der Waals surface area contributed by atoms with Gasteiger partial charge < -0.3 is 15.4 Å². The van der Waals surface area contributed by atoms with Crippen molar-refractivity contribution in [2.45, 2.75) is 32.8 Å². The molecule has 1 heterocycles. The minimum Gasteiger partial charge on any atom is -0.462 e. The van der Waals surface area contributed by atoms with Crippen molar-refractivity contribution < 1.29 is 19.1 Å². The van der Waals surface area contributed by atoms with Crippen LogP contribution in [-0.2, 0) is 14.3 Å². The van der Waals surface area contributed by atoms with Gasteiger partial charge in [0.05, 0.1) is 11.8 Å². The Morgan fingerprint density at radius 1 is 1.00 bits per heavy atom. The Morgan fingerprint density at radius 2 is 1.77 bits per heavy atom. The number of fused-ring (bicyclic) bond motifs is 1. The van der Waals surface area contributed by atoms with Crippen LogP contribution < -0.4 is 10.6 Å². The standard InChI is InChI=1S/C24H24N2O4/c1-12-4-3-5-18(13(12)2)26-22(27)14-6-8-16(9-7-14)25-23(28)20-15-10-17-19(11-15)30-24(29)21(17)20/h3-9,15,17,19-21H,10-11H2,1-2H3,(H,25,28)(H,26,27)/t15-,17+,19+,20-,21+/m1/s1. The lowest BCUT2D eigenvalue weighted by molar-refractivity contribution is -0.145. The third-order valence-corrected chi connectivity index (χ3v) is 7.05. The van der Waals surface area contributed by atoms with Crippen molar-refractivity contribution in [3.63, 3.8) is 0 Å². The number of esters is 1. The van der Waals surface area contributed by atoms with Gasteiger partial charge in [0.15, 0.2) is 0 Å². The maximum atomic E-state index is 12.9. The Balaban J connectivity index is 1.25. The zero-order valence-corrected chi connectivity index (χ0v) is 17.0. The topological polar surface area (TPSA) is 84.5 Å². The smallest absolute Gasteiger partial charge is 0.310 e. The highest BCUT2D eigenvalue weighted by Crippen LogP contribution is 2.57. The number of aryl methyl sites for hydroxylation is 1. The van der Waals surface area contributed by atoms with E-state index < -0.39 is 0 Å². The number of nitrogens with one attached hydrogen (secondary N) is 2. The van der Waals surface area contributed by atoms with Crippen LogP contribution in [0.25, 0.3) is 0 Å². The van der Waals surface area contributed by atoms with Crippen LogP contribution in [0.2, 0.25) is 0 Å². The summed E-state index contributed by atoms with van der Waals surface area (Å²) in [4.78, 5) is 37.6. The average molecular weight is 404 g/mol. The van der Waals surface area contributed by atoms with Crippen molar-refractivity contribution in [2.24, 2.45) is 23.7 Å². The van der Waals surface area contributed by atoms with Crippen LogP contribution in [0.1, 0.15) is 34.3 Å². The molecule has 154 valence electrons. The molecule has 0 unspecified atom stereocenters. The molecule has 6 nitrogen and oxygen atoms in total. The number of ether oxygens (including phenoxy) is 1. The Morgan fingerprint density at radius 3 is 2.53 bits per heavy atom. The zero-order valence-electron chi connectivity index (χ0n) is 17.0. The van der Waals surface area contributed by atoms with E-state index in [2.05, 4.69) is 10.6 Å². The average Bonchev–Trinajstić information content (AvgIpc) is 3.34. The van der Waals surface area contributed by atoms with Gasteiger partial charge in [-0.3, -0.25) is 14.4 Å². The van der Waals surface area contributed by atoms with Gasteiger partial charge in [0, 0.05) is 22.9 Å². The van der Waals surface area contributed by atoms with Gasteiger partial charge in [-0.1, -0.05) is 12.1 Å². The molecule has 1 saturated heterocycles. The summed E-state index contributed by atoms with van der Waals surface area (Å²) in [5.74, 6) is -0.728. The molecular formula is C24H24N2O4. The summed E-state index contributed by atoms with van der Waals surface area (Å²) >= 11 is 0. The van der Waals surface area contributed by atoms with Crippen molar-refractivity contribution in [1.29, 1.82) is 0 Å². The summed E-state index contributed by atoms with van der Waals surface area (Å²) in [6.45, 7) is 3.98. The molecule has 3 fully saturated rings. The number of carbonyl (C=O) groups excluding carboxylic acids is 3. The van der Waals surface area contributed by atoms with Crippen molar-refractivity contribution in [1.82, 2.24) is 0 Å². The number of benzene rings is 2. The Labute approximate surface area is 175 Å². The van der Waals surface area contributed by atoms with Gasteiger partial charge in [-0.15, -0.1) is 0 Å². The van der Waals surface area contributed by atoms with E-state index in [9.17, 15) is 14.4 Å². The maximum Gasteiger partial charge on any atom is 0.310 e. The third kappa shape index (κ3) is 2.98. The molecule has 0 spiro atoms. The highest BCUT2D eigenvalue weighted by molar-refractivity contribution is 6.05. The van der Waals surface area contributed by atoms with Gasteiger partial charge in [0.25, 0.3) is 5.91 Å². The molecule has 2 amide bonds. The molecule has 2 N–H and O–H groups in total. The number of hydrogen-bond donors (Lipinski definition) is 2. The van der Waals surface area contributed by atoms with Crippen molar-refractivity contribution >= 4 is 29.2 Å². The lowest BCUT2D eigenvalue weighted by atomic mass is 9.79. The van der Waals surface area contributed by atoms with Crippen LogP contribution in [0.5, 0.6) is 0 Å². The predicted octanol–water partition coefficient (Wildman–Crippen LogP) is 3.69. The Hall–Kier alpha value is -3.15. The molecular weight excluding hydrogens is 380 g/mol. The number of anilines is 2. The Kier molecular flexibility index (Phi) is 4.38. The number of carbonyl (C=O) groups is 3. The molecule has 2 aromatic rings. The van der Waals surface area contributed by atoms with Gasteiger partial charge >= 0.3 is 5.97 Å². The monoisotopic (exact) mass is 404 g/mol. The molecule has 30 heavy (non-hydrogen) atoms. The van der Waals surface area contributed by atoms with Crippen molar-refractivity contribution in [2.75, 3.05) is 10.6 Å². The minimum absolute atomic E-state index is 0.0198. The van der Waals surface area contributed by atoms with Gasteiger partial charge in [0.2, 0.25) is 5.91 Å². The van der Waals surface area contributed by atoms with E-state index in [1.807, 2.05) is 32.0 Å². The normalized spacial score (nSPS) is 28.3. The summed E-state index contributed by atoms with van der Waals surface area (Å²) in [6.07, 6.45) is 1.71. The maximum absolute atomic E-state index is 12.9. The van der Waals surface area contributed by atoms with E-state index in [-0.39, 0.29) is 47.6 Å². The highest BCUT2D eigenvalue weighted by atomic mass is 16.6. The molecule has 6 heteroatoms. The Bertz CT molecular complexity index is 1040. The molecule has 5 atom stereocenters. The first-order valence-electron chi connectivity index (χ1n) is 10.4. The molecule has 2 saturated carbocycles. The first-order chi connectivity index (χ1) is 14.4. The SMILES string of the molecule is Cc1cccc(NC(=O)c2ccc(NC(=O)[C@@H]3[C@@H]4C[C@@H]5[C@@H]3C(=O)O[C@H]5C4)cc2)c1C. The molecule has 2 aromatic carbocycles. The highest BCUT2D eigenvalue weighted by Gasteiger charge is 2.63. The van der Waals surface area contributed by atoms with Gasteiger partial charge in [-0.2, -0.15) is 0 Å².